The molecule has 2 aromatic rings. The quantitative estimate of drug-likeness (QED) is 0.806. The summed E-state index contributed by atoms with van der Waals surface area (Å²) in [6, 6.07) is 12.5. The van der Waals surface area contributed by atoms with E-state index in [-0.39, 0.29) is 5.54 Å². The van der Waals surface area contributed by atoms with Gasteiger partial charge in [-0.25, -0.2) is 0 Å². The number of benzene rings is 1. The third-order valence-electron chi connectivity index (χ3n) is 3.58. The Bertz CT molecular complexity index is 679. The highest BCUT2D eigenvalue weighted by Gasteiger charge is 2.27. The molecular weight excluding hydrogens is 244 g/mol. The fourth-order valence-corrected chi connectivity index (χ4v) is 2.66. The average Bonchev–Trinajstić information content (AvgIpc) is 2.45. The van der Waals surface area contributed by atoms with Crippen molar-refractivity contribution in [2.24, 2.45) is 4.99 Å². The molecule has 1 aromatic carbocycles. The zero-order valence-corrected chi connectivity index (χ0v) is 11.9. The number of aliphatic imine (C=N–C) groups is 1. The first-order valence-electron chi connectivity index (χ1n) is 6.86. The first kappa shape index (κ1) is 12.8. The second-order valence-electron chi connectivity index (χ2n) is 5.78. The normalized spacial score (nSPS) is 16.2. The Morgan fingerprint density at radius 3 is 2.65 bits per heavy atom. The van der Waals surface area contributed by atoms with Crippen LogP contribution in [0.5, 0.6) is 0 Å². The Balaban J connectivity index is 2.14. The van der Waals surface area contributed by atoms with Crippen LogP contribution in [0.1, 0.15) is 36.2 Å². The number of rotatable bonds is 2. The fourth-order valence-electron chi connectivity index (χ4n) is 2.66. The third-order valence-corrected chi connectivity index (χ3v) is 3.58. The largest absolute Gasteiger partial charge is 0.278 e. The van der Waals surface area contributed by atoms with Gasteiger partial charge in [-0.05, 0) is 44.0 Å². The Hall–Kier alpha value is -2.22. The number of pyridine rings is 1. The van der Waals surface area contributed by atoms with Gasteiger partial charge in [-0.1, -0.05) is 30.8 Å². The molecule has 0 N–H and O–H groups in total. The van der Waals surface area contributed by atoms with Gasteiger partial charge >= 0.3 is 0 Å². The molecule has 1 aromatic heterocycles. The van der Waals surface area contributed by atoms with Crippen molar-refractivity contribution in [3.05, 3.63) is 71.6 Å². The van der Waals surface area contributed by atoms with Gasteiger partial charge in [0.25, 0.3) is 0 Å². The van der Waals surface area contributed by atoms with Crippen molar-refractivity contribution in [1.82, 2.24) is 4.98 Å². The first-order chi connectivity index (χ1) is 9.59. The van der Waals surface area contributed by atoms with Crippen LogP contribution < -0.4 is 0 Å². The minimum absolute atomic E-state index is 0.0687. The van der Waals surface area contributed by atoms with Crippen LogP contribution >= 0.6 is 0 Å². The van der Waals surface area contributed by atoms with Crippen molar-refractivity contribution in [2.75, 3.05) is 0 Å². The zero-order chi connectivity index (χ0) is 14.2. The molecule has 0 atom stereocenters. The molecule has 0 spiro atoms. The molecule has 0 unspecified atom stereocenters. The van der Waals surface area contributed by atoms with Gasteiger partial charge in [0.15, 0.2) is 0 Å². The summed E-state index contributed by atoms with van der Waals surface area (Å²) >= 11 is 0. The SMILES string of the molecule is C=Cc1ccc(C2=NC(C)(C)Cc3ccccc32)cn1. The molecule has 20 heavy (non-hydrogen) atoms. The molecule has 3 rings (SSSR count). The van der Waals surface area contributed by atoms with Crippen molar-refractivity contribution in [2.45, 2.75) is 25.8 Å². The minimum atomic E-state index is -0.0687. The van der Waals surface area contributed by atoms with Crippen molar-refractivity contribution >= 4 is 11.8 Å². The van der Waals surface area contributed by atoms with E-state index in [1.54, 1.807) is 6.08 Å². The van der Waals surface area contributed by atoms with Crippen LogP contribution in [0.25, 0.3) is 6.08 Å². The highest BCUT2D eigenvalue weighted by Crippen LogP contribution is 2.29. The maximum absolute atomic E-state index is 4.93. The van der Waals surface area contributed by atoms with E-state index >= 15 is 0 Å². The van der Waals surface area contributed by atoms with Gasteiger partial charge in [0.05, 0.1) is 16.9 Å². The van der Waals surface area contributed by atoms with Crippen LogP contribution in [0.2, 0.25) is 0 Å². The van der Waals surface area contributed by atoms with Gasteiger partial charge in [0, 0.05) is 17.3 Å². The molecule has 1 aliphatic heterocycles. The fraction of sp³-hybridized carbons (Fsp3) is 0.222. The van der Waals surface area contributed by atoms with Crippen LogP contribution in [-0.4, -0.2) is 16.2 Å². The van der Waals surface area contributed by atoms with Crippen molar-refractivity contribution in [1.29, 1.82) is 0 Å². The lowest BCUT2D eigenvalue weighted by molar-refractivity contribution is 0.513. The molecule has 100 valence electrons. The lowest BCUT2D eigenvalue weighted by atomic mass is 9.85. The maximum atomic E-state index is 4.93. The van der Waals surface area contributed by atoms with Gasteiger partial charge < -0.3 is 0 Å². The van der Waals surface area contributed by atoms with Gasteiger partial charge in [-0.3, -0.25) is 9.98 Å². The molecule has 0 bridgehead atoms. The predicted molar refractivity (Wildman–Crippen MR) is 84.2 cm³/mol. The number of hydrogen-bond donors (Lipinski definition) is 0. The molecule has 0 fully saturated rings. The average molecular weight is 262 g/mol. The van der Waals surface area contributed by atoms with Crippen LogP contribution in [-0.2, 0) is 6.42 Å². The van der Waals surface area contributed by atoms with Crippen LogP contribution in [0.4, 0.5) is 0 Å². The summed E-state index contributed by atoms with van der Waals surface area (Å²) < 4.78 is 0. The monoisotopic (exact) mass is 262 g/mol. The van der Waals surface area contributed by atoms with Crippen molar-refractivity contribution < 1.29 is 0 Å². The molecule has 1 aliphatic rings. The van der Waals surface area contributed by atoms with Gasteiger partial charge in [-0.15, -0.1) is 0 Å². The summed E-state index contributed by atoms with van der Waals surface area (Å²) in [5.41, 5.74) is 5.50. The molecule has 0 radical (unpaired) electrons. The summed E-state index contributed by atoms with van der Waals surface area (Å²) in [5.74, 6) is 0. The Kier molecular flexibility index (Phi) is 3.01. The highest BCUT2D eigenvalue weighted by atomic mass is 14.9. The van der Waals surface area contributed by atoms with E-state index in [2.05, 4.69) is 55.7 Å². The summed E-state index contributed by atoms with van der Waals surface area (Å²) in [6.07, 6.45) is 4.61. The highest BCUT2D eigenvalue weighted by molar-refractivity contribution is 6.14. The molecule has 0 amide bonds. The van der Waals surface area contributed by atoms with Crippen LogP contribution in [0, 0.1) is 0 Å². The van der Waals surface area contributed by atoms with E-state index in [1.165, 1.54) is 11.1 Å². The molecule has 0 saturated carbocycles. The Morgan fingerprint density at radius 1 is 1.15 bits per heavy atom. The van der Waals surface area contributed by atoms with Crippen LogP contribution in [0.3, 0.4) is 0 Å². The second kappa shape index (κ2) is 4.71. The standard InChI is InChI=1S/C18H18N2/c1-4-15-10-9-14(12-19-15)17-16-8-6-5-7-13(16)11-18(2,3)20-17/h4-10,12H,1,11H2,2-3H3. The van der Waals surface area contributed by atoms with Crippen molar-refractivity contribution in [3.8, 4) is 0 Å². The third kappa shape index (κ3) is 2.29. The molecule has 2 heterocycles. The number of aromatic nitrogens is 1. The number of fused-ring (bicyclic) bond motifs is 1. The molecule has 2 heteroatoms. The van der Waals surface area contributed by atoms with Gasteiger partial charge in [0.2, 0.25) is 0 Å². The minimum Gasteiger partial charge on any atom is -0.278 e. The van der Waals surface area contributed by atoms with E-state index in [0.29, 0.717) is 0 Å². The van der Waals surface area contributed by atoms with E-state index < -0.39 is 0 Å². The van der Waals surface area contributed by atoms with Gasteiger partial charge in [-0.2, -0.15) is 0 Å². The summed E-state index contributed by atoms with van der Waals surface area (Å²) in [5, 5.41) is 0. The van der Waals surface area contributed by atoms with Crippen LogP contribution in [0.15, 0.2) is 54.2 Å². The molecular formula is C18H18N2. The predicted octanol–water partition coefficient (Wildman–Crippen LogP) is 3.90. The lowest BCUT2D eigenvalue weighted by Crippen LogP contribution is -2.29. The first-order valence-corrected chi connectivity index (χ1v) is 6.86. The molecule has 0 saturated heterocycles. The Labute approximate surface area is 119 Å². The molecule has 0 aliphatic carbocycles. The van der Waals surface area contributed by atoms with Gasteiger partial charge in [0.1, 0.15) is 0 Å². The topological polar surface area (TPSA) is 25.2 Å². The summed E-state index contributed by atoms with van der Waals surface area (Å²) in [7, 11) is 0. The number of nitrogens with zero attached hydrogens (tertiary/aromatic N) is 2. The number of hydrogen-bond acceptors (Lipinski definition) is 2. The summed E-state index contributed by atoms with van der Waals surface area (Å²) in [6.45, 7) is 8.09. The van der Waals surface area contributed by atoms with E-state index in [9.17, 15) is 0 Å². The van der Waals surface area contributed by atoms with Crippen molar-refractivity contribution in [3.63, 3.8) is 0 Å². The zero-order valence-electron chi connectivity index (χ0n) is 11.9. The Morgan fingerprint density at radius 2 is 1.95 bits per heavy atom. The smallest absolute Gasteiger partial charge is 0.0743 e. The second-order valence-corrected chi connectivity index (χ2v) is 5.78. The summed E-state index contributed by atoms with van der Waals surface area (Å²) in [4.78, 5) is 9.33. The van der Waals surface area contributed by atoms with E-state index in [1.807, 2.05) is 12.3 Å². The van der Waals surface area contributed by atoms with E-state index in [4.69, 9.17) is 4.99 Å². The van der Waals surface area contributed by atoms with E-state index in [0.717, 1.165) is 23.4 Å². The maximum Gasteiger partial charge on any atom is 0.0743 e. The lowest BCUT2D eigenvalue weighted by Gasteiger charge is -2.29. The molecule has 2 nitrogen and oxygen atoms in total.